The van der Waals surface area contributed by atoms with Crippen LogP contribution < -0.4 is 10.1 Å². The largest absolute Gasteiger partial charge is 0.475 e. The number of hydrogen-bond donors (Lipinski definition) is 1. The number of hydrogen-bond acceptors (Lipinski definition) is 5. The summed E-state index contributed by atoms with van der Waals surface area (Å²) in [4.78, 5) is 8.26. The highest BCUT2D eigenvalue weighted by molar-refractivity contribution is 5.41. The van der Waals surface area contributed by atoms with Crippen molar-refractivity contribution in [1.82, 2.24) is 9.97 Å². The Morgan fingerprint density at radius 2 is 1.86 bits per heavy atom. The van der Waals surface area contributed by atoms with Crippen LogP contribution in [0.2, 0.25) is 0 Å². The molecule has 2 rings (SSSR count). The van der Waals surface area contributed by atoms with E-state index >= 15 is 0 Å². The summed E-state index contributed by atoms with van der Waals surface area (Å²) < 4.78 is 5.55. The Labute approximate surface area is 124 Å². The third kappa shape index (κ3) is 4.18. The van der Waals surface area contributed by atoms with Crippen LogP contribution in [0.1, 0.15) is 37.9 Å². The number of rotatable bonds is 5. The topological polar surface area (TPSA) is 70.8 Å². The summed E-state index contributed by atoms with van der Waals surface area (Å²) in [5.41, 5.74) is 1.74. The average molecular weight is 282 g/mol. The number of aromatic nitrogens is 2. The molecule has 1 atom stereocenters. The highest BCUT2D eigenvalue weighted by atomic mass is 16.5. The molecule has 1 aromatic heterocycles. The van der Waals surface area contributed by atoms with Crippen molar-refractivity contribution < 1.29 is 4.74 Å². The van der Waals surface area contributed by atoms with Crippen LogP contribution in [0, 0.1) is 11.3 Å². The van der Waals surface area contributed by atoms with Crippen LogP contribution in [-0.4, -0.2) is 16.1 Å². The molecule has 2 aromatic rings. The van der Waals surface area contributed by atoms with E-state index in [1.165, 1.54) is 6.33 Å². The molecule has 108 valence electrons. The number of nitriles is 1. The minimum Gasteiger partial charge on any atom is -0.475 e. The Bertz CT molecular complexity index is 631. The second-order valence-corrected chi connectivity index (χ2v) is 5.01. The summed E-state index contributed by atoms with van der Waals surface area (Å²) in [7, 11) is 0. The van der Waals surface area contributed by atoms with Gasteiger partial charge in [-0.15, -0.1) is 0 Å². The molecular weight excluding hydrogens is 264 g/mol. The third-order valence-corrected chi connectivity index (χ3v) is 2.90. The lowest BCUT2D eigenvalue weighted by molar-refractivity contribution is 0.232. The van der Waals surface area contributed by atoms with E-state index in [4.69, 9.17) is 10.00 Å². The molecule has 0 saturated heterocycles. The number of benzene rings is 1. The van der Waals surface area contributed by atoms with Crippen LogP contribution in [0.5, 0.6) is 5.88 Å². The lowest BCUT2D eigenvalue weighted by Crippen LogP contribution is -2.10. The lowest BCUT2D eigenvalue weighted by Gasteiger charge is -2.16. The van der Waals surface area contributed by atoms with Crippen molar-refractivity contribution in [3.8, 4) is 11.9 Å². The highest BCUT2D eigenvalue weighted by Gasteiger charge is 2.08. The summed E-state index contributed by atoms with van der Waals surface area (Å²) in [5.74, 6) is 1.26. The first kappa shape index (κ1) is 14.8. The van der Waals surface area contributed by atoms with Gasteiger partial charge in [-0.05, 0) is 38.5 Å². The van der Waals surface area contributed by atoms with Gasteiger partial charge >= 0.3 is 0 Å². The monoisotopic (exact) mass is 282 g/mol. The van der Waals surface area contributed by atoms with Gasteiger partial charge < -0.3 is 10.1 Å². The van der Waals surface area contributed by atoms with Crippen LogP contribution in [0.4, 0.5) is 5.82 Å². The van der Waals surface area contributed by atoms with Crippen LogP contribution in [-0.2, 0) is 0 Å². The van der Waals surface area contributed by atoms with Gasteiger partial charge in [0.05, 0.1) is 17.7 Å². The predicted octanol–water partition coefficient (Wildman–Crippen LogP) is 3.31. The summed E-state index contributed by atoms with van der Waals surface area (Å²) in [6.07, 6.45) is 1.55. The van der Waals surface area contributed by atoms with E-state index in [2.05, 4.69) is 21.4 Å². The van der Waals surface area contributed by atoms with Crippen LogP contribution in [0.3, 0.4) is 0 Å². The molecule has 1 aromatic carbocycles. The fourth-order valence-electron chi connectivity index (χ4n) is 1.88. The van der Waals surface area contributed by atoms with Crippen molar-refractivity contribution in [2.24, 2.45) is 0 Å². The Morgan fingerprint density at radius 1 is 1.14 bits per heavy atom. The molecule has 21 heavy (non-hydrogen) atoms. The highest BCUT2D eigenvalue weighted by Crippen LogP contribution is 2.20. The molecule has 0 amide bonds. The zero-order chi connectivity index (χ0) is 15.2. The quantitative estimate of drug-likeness (QED) is 0.911. The van der Waals surface area contributed by atoms with Crippen molar-refractivity contribution in [1.29, 1.82) is 5.26 Å². The Morgan fingerprint density at radius 3 is 2.48 bits per heavy atom. The van der Waals surface area contributed by atoms with Crippen LogP contribution in [0.15, 0.2) is 36.7 Å². The SMILES string of the molecule is CC(C)Oc1cc(NC(C)c2ccc(C#N)cc2)ncn1. The summed E-state index contributed by atoms with van der Waals surface area (Å²) in [6, 6.07) is 11.4. The van der Waals surface area contributed by atoms with E-state index in [0.717, 1.165) is 5.56 Å². The molecule has 1 heterocycles. The maximum atomic E-state index is 8.81. The molecule has 0 bridgehead atoms. The molecule has 5 heteroatoms. The zero-order valence-electron chi connectivity index (χ0n) is 12.4. The maximum absolute atomic E-state index is 8.81. The fourth-order valence-corrected chi connectivity index (χ4v) is 1.88. The third-order valence-electron chi connectivity index (χ3n) is 2.90. The minimum absolute atomic E-state index is 0.0690. The second-order valence-electron chi connectivity index (χ2n) is 5.01. The van der Waals surface area contributed by atoms with E-state index in [-0.39, 0.29) is 12.1 Å². The molecule has 0 aliphatic rings. The molecule has 0 spiro atoms. The van der Waals surface area contributed by atoms with Gasteiger partial charge in [-0.25, -0.2) is 9.97 Å². The van der Waals surface area contributed by atoms with Gasteiger partial charge in [-0.3, -0.25) is 0 Å². The van der Waals surface area contributed by atoms with E-state index in [0.29, 0.717) is 17.3 Å². The zero-order valence-corrected chi connectivity index (χ0v) is 12.4. The van der Waals surface area contributed by atoms with E-state index < -0.39 is 0 Å². The molecule has 0 fully saturated rings. The van der Waals surface area contributed by atoms with Gasteiger partial charge in [-0.2, -0.15) is 5.26 Å². The maximum Gasteiger partial charge on any atom is 0.218 e. The van der Waals surface area contributed by atoms with E-state index in [1.54, 1.807) is 18.2 Å². The minimum atomic E-state index is 0.0690. The van der Waals surface area contributed by atoms with Gasteiger partial charge in [-0.1, -0.05) is 12.1 Å². The van der Waals surface area contributed by atoms with Crippen molar-refractivity contribution in [2.45, 2.75) is 32.9 Å². The first-order valence-electron chi connectivity index (χ1n) is 6.84. The molecule has 0 aliphatic heterocycles. The normalized spacial score (nSPS) is 11.8. The number of ether oxygens (including phenoxy) is 1. The molecule has 0 saturated carbocycles. The second kappa shape index (κ2) is 6.71. The number of nitrogens with one attached hydrogen (secondary N) is 1. The van der Waals surface area contributed by atoms with Gasteiger partial charge in [0.1, 0.15) is 12.1 Å². The van der Waals surface area contributed by atoms with E-state index in [1.807, 2.05) is 32.9 Å². The van der Waals surface area contributed by atoms with Crippen molar-refractivity contribution >= 4 is 5.82 Å². The average Bonchev–Trinajstić information content (AvgIpc) is 2.47. The standard InChI is InChI=1S/C16H18N4O/c1-11(2)21-16-8-15(18-10-19-16)20-12(3)14-6-4-13(9-17)5-7-14/h4-8,10-12H,1-3H3,(H,18,19,20). The van der Waals surface area contributed by atoms with Crippen molar-refractivity contribution in [3.05, 3.63) is 47.8 Å². The Kier molecular flexibility index (Phi) is 4.72. The first-order valence-corrected chi connectivity index (χ1v) is 6.84. The van der Waals surface area contributed by atoms with Gasteiger partial charge in [0.2, 0.25) is 5.88 Å². The summed E-state index contributed by atoms with van der Waals surface area (Å²) in [5, 5.41) is 12.1. The lowest BCUT2D eigenvalue weighted by atomic mass is 10.1. The summed E-state index contributed by atoms with van der Waals surface area (Å²) in [6.45, 7) is 5.94. The first-order chi connectivity index (χ1) is 10.1. The summed E-state index contributed by atoms with van der Waals surface area (Å²) >= 11 is 0. The molecule has 0 aliphatic carbocycles. The van der Waals surface area contributed by atoms with Crippen molar-refractivity contribution in [2.75, 3.05) is 5.32 Å². The van der Waals surface area contributed by atoms with Gasteiger partial charge in [0.25, 0.3) is 0 Å². The molecule has 0 radical (unpaired) electrons. The van der Waals surface area contributed by atoms with Gasteiger partial charge in [0, 0.05) is 12.1 Å². The van der Waals surface area contributed by atoms with Crippen LogP contribution >= 0.6 is 0 Å². The number of nitrogens with zero attached hydrogens (tertiary/aromatic N) is 3. The fraction of sp³-hybridized carbons (Fsp3) is 0.312. The smallest absolute Gasteiger partial charge is 0.218 e. The molecular formula is C16H18N4O. The molecule has 5 nitrogen and oxygen atoms in total. The van der Waals surface area contributed by atoms with E-state index in [9.17, 15) is 0 Å². The Hall–Kier alpha value is -2.61. The molecule has 1 N–H and O–H groups in total. The van der Waals surface area contributed by atoms with Gasteiger partial charge in [0.15, 0.2) is 0 Å². The predicted molar refractivity (Wildman–Crippen MR) is 81.0 cm³/mol. The Balaban J connectivity index is 2.08. The molecule has 1 unspecified atom stereocenters. The van der Waals surface area contributed by atoms with Crippen LogP contribution in [0.25, 0.3) is 0 Å². The van der Waals surface area contributed by atoms with Crippen molar-refractivity contribution in [3.63, 3.8) is 0 Å². The number of anilines is 1.